The van der Waals surface area contributed by atoms with Crippen LogP contribution >= 0.6 is 0 Å². The number of aromatic nitrogens is 1. The number of aliphatic hydroxyl groups excluding tert-OH is 1. The first kappa shape index (κ1) is 21.9. The zero-order valence-electron chi connectivity index (χ0n) is 19.0. The fourth-order valence-electron chi connectivity index (χ4n) is 4.98. The number of Topliss-reactive ketones (excluding diaryl/α,β-unsaturated/α-hetero) is 1. The third-order valence-electron chi connectivity index (χ3n) is 6.70. The summed E-state index contributed by atoms with van der Waals surface area (Å²) in [4.78, 5) is 32.2. The Labute approximate surface area is 198 Å². The van der Waals surface area contributed by atoms with Crippen LogP contribution in [0.3, 0.4) is 0 Å². The molecule has 1 amide bonds. The van der Waals surface area contributed by atoms with Gasteiger partial charge in [0.15, 0.2) is 0 Å². The number of ether oxygens (including phenoxy) is 1. The smallest absolute Gasteiger partial charge is 0.295 e. The van der Waals surface area contributed by atoms with Crippen molar-refractivity contribution in [2.24, 2.45) is 0 Å². The summed E-state index contributed by atoms with van der Waals surface area (Å²) in [5.41, 5.74) is 4.55. The molecule has 5 rings (SSSR count). The molecule has 2 heterocycles. The van der Waals surface area contributed by atoms with Gasteiger partial charge < -0.3 is 14.7 Å². The maximum Gasteiger partial charge on any atom is 0.295 e. The van der Waals surface area contributed by atoms with Gasteiger partial charge in [-0.2, -0.15) is 0 Å². The van der Waals surface area contributed by atoms with Gasteiger partial charge in [-0.25, -0.2) is 0 Å². The van der Waals surface area contributed by atoms with Gasteiger partial charge in [0, 0.05) is 23.5 Å². The summed E-state index contributed by atoms with van der Waals surface area (Å²) in [6.07, 6.45) is 7.51. The van der Waals surface area contributed by atoms with Crippen molar-refractivity contribution in [3.05, 3.63) is 100 Å². The van der Waals surface area contributed by atoms with Crippen molar-refractivity contribution in [1.82, 2.24) is 9.88 Å². The number of carbonyl (C=O) groups is 2. The van der Waals surface area contributed by atoms with E-state index in [-0.39, 0.29) is 17.9 Å². The Balaban J connectivity index is 1.62. The molecule has 172 valence electrons. The molecule has 2 aliphatic rings. The average molecular weight is 455 g/mol. The van der Waals surface area contributed by atoms with Crippen molar-refractivity contribution in [3.63, 3.8) is 0 Å². The highest BCUT2D eigenvalue weighted by molar-refractivity contribution is 6.46. The second-order valence-electron chi connectivity index (χ2n) is 8.72. The van der Waals surface area contributed by atoms with Gasteiger partial charge in [0.2, 0.25) is 0 Å². The minimum absolute atomic E-state index is 0.0867. The highest BCUT2D eigenvalue weighted by Crippen LogP contribution is 2.41. The first-order valence-electron chi connectivity index (χ1n) is 11.5. The Morgan fingerprint density at radius 1 is 1.06 bits per heavy atom. The molecule has 3 aromatic rings. The highest BCUT2D eigenvalue weighted by Gasteiger charge is 2.46. The number of benzene rings is 2. The fourth-order valence-corrected chi connectivity index (χ4v) is 4.98. The Kier molecular flexibility index (Phi) is 5.88. The summed E-state index contributed by atoms with van der Waals surface area (Å²) in [5.74, 6) is -0.870. The number of fused-ring (bicyclic) bond motifs is 1. The van der Waals surface area contributed by atoms with Gasteiger partial charge >= 0.3 is 0 Å². The van der Waals surface area contributed by atoms with E-state index < -0.39 is 17.7 Å². The first-order valence-corrected chi connectivity index (χ1v) is 11.5. The molecule has 1 unspecified atom stereocenters. The lowest BCUT2D eigenvalue weighted by atomic mass is 9.89. The second kappa shape index (κ2) is 9.14. The van der Waals surface area contributed by atoms with E-state index in [0.717, 1.165) is 31.2 Å². The average Bonchev–Trinajstić information content (AvgIpc) is 3.13. The molecule has 1 aliphatic carbocycles. The van der Waals surface area contributed by atoms with Crippen LogP contribution in [0.15, 0.2) is 72.6 Å². The predicted octanol–water partition coefficient (Wildman–Crippen LogP) is 4.59. The molecule has 1 fully saturated rings. The molecule has 0 spiro atoms. The van der Waals surface area contributed by atoms with E-state index >= 15 is 0 Å². The van der Waals surface area contributed by atoms with Crippen molar-refractivity contribution in [2.45, 2.75) is 38.3 Å². The summed E-state index contributed by atoms with van der Waals surface area (Å²) >= 11 is 0. The third-order valence-corrected chi connectivity index (χ3v) is 6.70. The summed E-state index contributed by atoms with van der Waals surface area (Å²) < 4.78 is 5.46. The molecule has 2 aromatic carbocycles. The highest BCUT2D eigenvalue weighted by atomic mass is 16.5. The Morgan fingerprint density at radius 2 is 1.85 bits per heavy atom. The standard InChI is InChI=1S/C28H26N2O4/c1-34-23-11-5-4-9-22(23)17-30-25(21-10-6-14-29-16-21)24(27(32)28(30)33)26(31)20-13-12-18-7-2-3-8-19(18)15-20/h4-6,9-16,25,31H,2-3,7-8,17H2,1H3/b26-24-. The van der Waals surface area contributed by atoms with Crippen LogP contribution in [-0.2, 0) is 29.0 Å². The maximum absolute atomic E-state index is 13.3. The summed E-state index contributed by atoms with van der Waals surface area (Å²) in [7, 11) is 1.57. The number of amides is 1. The number of aryl methyl sites for hydroxylation is 2. The molecule has 0 radical (unpaired) electrons. The Hall–Kier alpha value is -3.93. The molecule has 0 saturated carbocycles. The molecule has 1 aliphatic heterocycles. The summed E-state index contributed by atoms with van der Waals surface area (Å²) in [5, 5.41) is 11.4. The van der Waals surface area contributed by atoms with E-state index in [9.17, 15) is 14.7 Å². The monoisotopic (exact) mass is 454 g/mol. The number of methoxy groups -OCH3 is 1. The quantitative estimate of drug-likeness (QED) is 0.347. The van der Waals surface area contributed by atoms with Crippen molar-refractivity contribution >= 4 is 17.4 Å². The number of hydrogen-bond donors (Lipinski definition) is 1. The van der Waals surface area contributed by atoms with Crippen molar-refractivity contribution in [3.8, 4) is 5.75 Å². The number of carbonyl (C=O) groups excluding carboxylic acids is 2. The Bertz CT molecular complexity index is 1280. The number of ketones is 1. The van der Waals surface area contributed by atoms with E-state index in [1.54, 1.807) is 25.6 Å². The van der Waals surface area contributed by atoms with Crippen LogP contribution in [0.5, 0.6) is 5.75 Å². The zero-order valence-corrected chi connectivity index (χ0v) is 19.0. The number of pyridine rings is 1. The van der Waals surface area contributed by atoms with Crippen LogP contribution in [0.1, 0.15) is 46.7 Å². The lowest BCUT2D eigenvalue weighted by Crippen LogP contribution is -2.29. The van der Waals surface area contributed by atoms with Gasteiger partial charge in [-0.05, 0) is 60.6 Å². The van der Waals surface area contributed by atoms with E-state index in [2.05, 4.69) is 4.98 Å². The topological polar surface area (TPSA) is 79.7 Å². The lowest BCUT2D eigenvalue weighted by molar-refractivity contribution is -0.140. The van der Waals surface area contributed by atoms with Crippen LogP contribution in [-0.4, -0.2) is 33.8 Å². The summed E-state index contributed by atoms with van der Waals surface area (Å²) in [6, 6.07) is 16.0. The number of likely N-dealkylation sites (tertiary alicyclic amines) is 1. The molecule has 6 nitrogen and oxygen atoms in total. The van der Waals surface area contributed by atoms with Gasteiger partial charge in [-0.1, -0.05) is 36.4 Å². The van der Waals surface area contributed by atoms with E-state index in [4.69, 9.17) is 4.74 Å². The number of para-hydroxylation sites is 1. The first-order chi connectivity index (χ1) is 16.6. The normalized spacial score (nSPS) is 19.2. The predicted molar refractivity (Wildman–Crippen MR) is 128 cm³/mol. The molecular formula is C28H26N2O4. The van der Waals surface area contributed by atoms with E-state index in [1.807, 2.05) is 48.5 Å². The number of rotatable bonds is 5. The molecule has 1 saturated heterocycles. The minimum atomic E-state index is -0.755. The molecule has 1 N–H and O–H groups in total. The lowest BCUT2D eigenvalue weighted by Gasteiger charge is -2.26. The van der Waals surface area contributed by atoms with Gasteiger partial charge in [-0.15, -0.1) is 0 Å². The van der Waals surface area contributed by atoms with E-state index in [1.165, 1.54) is 16.0 Å². The minimum Gasteiger partial charge on any atom is -0.507 e. The SMILES string of the molecule is COc1ccccc1CN1C(=O)C(=O)/C(=C(\O)c2ccc3c(c2)CCCC3)C1c1cccnc1. The molecule has 0 bridgehead atoms. The largest absolute Gasteiger partial charge is 0.507 e. The fraction of sp³-hybridized carbons (Fsp3) is 0.250. The molecule has 1 atom stereocenters. The zero-order chi connectivity index (χ0) is 23.7. The van der Waals surface area contributed by atoms with Gasteiger partial charge in [0.05, 0.1) is 25.3 Å². The van der Waals surface area contributed by atoms with Gasteiger partial charge in [0.25, 0.3) is 11.7 Å². The maximum atomic E-state index is 13.3. The van der Waals surface area contributed by atoms with Gasteiger partial charge in [-0.3, -0.25) is 14.6 Å². The van der Waals surface area contributed by atoms with Gasteiger partial charge in [0.1, 0.15) is 11.5 Å². The number of aliphatic hydroxyl groups is 1. The van der Waals surface area contributed by atoms with Crippen LogP contribution in [0.25, 0.3) is 5.76 Å². The number of hydrogen-bond acceptors (Lipinski definition) is 5. The third kappa shape index (κ3) is 3.85. The second-order valence-corrected chi connectivity index (χ2v) is 8.72. The summed E-state index contributed by atoms with van der Waals surface area (Å²) in [6.45, 7) is 0.162. The molecular weight excluding hydrogens is 428 g/mol. The van der Waals surface area contributed by atoms with Crippen LogP contribution in [0.4, 0.5) is 0 Å². The van der Waals surface area contributed by atoms with Crippen molar-refractivity contribution in [2.75, 3.05) is 7.11 Å². The van der Waals surface area contributed by atoms with Crippen LogP contribution < -0.4 is 4.74 Å². The van der Waals surface area contributed by atoms with Crippen molar-refractivity contribution < 1.29 is 19.4 Å². The Morgan fingerprint density at radius 3 is 2.62 bits per heavy atom. The van der Waals surface area contributed by atoms with E-state index in [0.29, 0.717) is 16.9 Å². The van der Waals surface area contributed by atoms with Crippen molar-refractivity contribution in [1.29, 1.82) is 0 Å². The van der Waals surface area contributed by atoms with Crippen LogP contribution in [0.2, 0.25) is 0 Å². The number of nitrogens with zero attached hydrogens (tertiary/aromatic N) is 2. The molecule has 34 heavy (non-hydrogen) atoms. The molecule has 6 heteroatoms. The molecule has 1 aromatic heterocycles. The van der Waals surface area contributed by atoms with Crippen LogP contribution in [0, 0.1) is 0 Å².